The van der Waals surface area contributed by atoms with E-state index in [9.17, 15) is 13.6 Å². The molecule has 0 saturated carbocycles. The van der Waals surface area contributed by atoms with Crippen LogP contribution in [0, 0.1) is 0 Å². The van der Waals surface area contributed by atoms with Crippen LogP contribution in [0.5, 0.6) is 0 Å². The van der Waals surface area contributed by atoms with Gasteiger partial charge in [0.25, 0.3) is 6.43 Å². The molecule has 0 aliphatic carbocycles. The molecule has 2 N–H and O–H groups in total. The maximum absolute atomic E-state index is 11.6. The van der Waals surface area contributed by atoms with Crippen molar-refractivity contribution >= 4 is 5.91 Å². The van der Waals surface area contributed by atoms with Crippen LogP contribution in [0.4, 0.5) is 8.78 Å². The molecule has 0 heterocycles. The van der Waals surface area contributed by atoms with Crippen LogP contribution in [0.25, 0.3) is 0 Å². The zero-order valence-electron chi connectivity index (χ0n) is 9.06. The molecule has 0 saturated heterocycles. The zero-order chi connectivity index (χ0) is 11.7. The van der Waals surface area contributed by atoms with Gasteiger partial charge in [-0.15, -0.1) is 0 Å². The highest BCUT2D eigenvalue weighted by Crippen LogP contribution is 1.91. The first-order chi connectivity index (χ1) is 7.07. The molecule has 4 nitrogen and oxygen atoms in total. The summed E-state index contributed by atoms with van der Waals surface area (Å²) >= 11 is 0. The Hall–Kier alpha value is -0.750. The number of halogens is 2. The van der Waals surface area contributed by atoms with Gasteiger partial charge < -0.3 is 15.4 Å². The maximum atomic E-state index is 11.6. The van der Waals surface area contributed by atoms with Crippen LogP contribution in [-0.4, -0.2) is 44.7 Å². The van der Waals surface area contributed by atoms with E-state index in [1.165, 1.54) is 0 Å². The third kappa shape index (κ3) is 8.26. The van der Waals surface area contributed by atoms with Crippen LogP contribution in [0.1, 0.15) is 13.8 Å². The van der Waals surface area contributed by atoms with Crippen molar-refractivity contribution in [2.45, 2.75) is 26.3 Å². The second-order valence-corrected chi connectivity index (χ2v) is 3.04. The molecule has 90 valence electrons. The van der Waals surface area contributed by atoms with Gasteiger partial charge in [-0.2, -0.15) is 0 Å². The van der Waals surface area contributed by atoms with Crippen molar-refractivity contribution in [2.24, 2.45) is 0 Å². The summed E-state index contributed by atoms with van der Waals surface area (Å²) in [5.74, 6) is -0.105. The Labute approximate surface area is 88.4 Å². The van der Waals surface area contributed by atoms with E-state index in [2.05, 4.69) is 15.4 Å². The molecule has 1 unspecified atom stereocenters. The van der Waals surface area contributed by atoms with E-state index in [4.69, 9.17) is 0 Å². The molecule has 0 radical (unpaired) electrons. The summed E-state index contributed by atoms with van der Waals surface area (Å²) in [6.07, 6.45) is -2.44. The van der Waals surface area contributed by atoms with Crippen LogP contribution in [0.15, 0.2) is 0 Å². The highest BCUT2D eigenvalue weighted by Gasteiger charge is 2.10. The van der Waals surface area contributed by atoms with Gasteiger partial charge in [0, 0.05) is 13.1 Å². The predicted molar refractivity (Wildman–Crippen MR) is 53.0 cm³/mol. The number of carbonyl (C=O) groups excluding carboxylic acids is 1. The standard InChI is InChI=1S/C9H18F2N2O2/c1-3-12-9(14)7(2)13-4-5-15-6-8(10)11/h7-8,13H,3-6H2,1-2H3,(H,12,14). The number of alkyl halides is 2. The van der Waals surface area contributed by atoms with E-state index in [-0.39, 0.29) is 18.6 Å². The minimum absolute atomic E-state index is 0.105. The lowest BCUT2D eigenvalue weighted by Crippen LogP contribution is -2.43. The van der Waals surface area contributed by atoms with E-state index in [0.717, 1.165) is 0 Å². The van der Waals surface area contributed by atoms with E-state index >= 15 is 0 Å². The van der Waals surface area contributed by atoms with Gasteiger partial charge in [0.15, 0.2) is 0 Å². The second-order valence-electron chi connectivity index (χ2n) is 3.04. The summed E-state index contributed by atoms with van der Waals surface area (Å²) in [7, 11) is 0. The second kappa shape index (κ2) is 8.55. The number of amides is 1. The van der Waals surface area contributed by atoms with Crippen molar-refractivity contribution < 1.29 is 18.3 Å². The monoisotopic (exact) mass is 224 g/mol. The molecule has 0 aliphatic rings. The lowest BCUT2D eigenvalue weighted by molar-refractivity contribution is -0.122. The first-order valence-electron chi connectivity index (χ1n) is 4.95. The Morgan fingerprint density at radius 3 is 2.67 bits per heavy atom. The molecule has 0 bridgehead atoms. The minimum atomic E-state index is -2.44. The Morgan fingerprint density at radius 1 is 1.47 bits per heavy atom. The molecule has 0 aliphatic heterocycles. The minimum Gasteiger partial charge on any atom is -0.374 e. The van der Waals surface area contributed by atoms with Gasteiger partial charge in [-0.25, -0.2) is 8.78 Å². The summed E-state index contributed by atoms with van der Waals surface area (Å²) in [5.41, 5.74) is 0. The van der Waals surface area contributed by atoms with Gasteiger partial charge in [0.05, 0.1) is 12.6 Å². The number of likely N-dealkylation sites (N-methyl/N-ethyl adjacent to an activating group) is 1. The zero-order valence-corrected chi connectivity index (χ0v) is 9.06. The molecule has 0 spiro atoms. The Kier molecular flexibility index (Phi) is 8.12. The summed E-state index contributed by atoms with van der Waals surface area (Å²) < 4.78 is 27.9. The molecular weight excluding hydrogens is 206 g/mol. The van der Waals surface area contributed by atoms with Crippen LogP contribution in [0.2, 0.25) is 0 Å². The van der Waals surface area contributed by atoms with Crippen LogP contribution >= 0.6 is 0 Å². The number of hydrogen-bond donors (Lipinski definition) is 2. The lowest BCUT2D eigenvalue weighted by Gasteiger charge is -2.13. The van der Waals surface area contributed by atoms with Crippen LogP contribution in [-0.2, 0) is 9.53 Å². The average Bonchev–Trinajstić information content (AvgIpc) is 2.16. The third-order valence-electron chi connectivity index (χ3n) is 1.69. The van der Waals surface area contributed by atoms with E-state index in [0.29, 0.717) is 13.1 Å². The molecule has 1 atom stereocenters. The van der Waals surface area contributed by atoms with E-state index in [1.54, 1.807) is 6.92 Å². The van der Waals surface area contributed by atoms with Crippen molar-refractivity contribution in [2.75, 3.05) is 26.3 Å². The summed E-state index contributed by atoms with van der Waals surface area (Å²) in [5, 5.41) is 5.50. The fourth-order valence-corrected chi connectivity index (χ4v) is 0.940. The molecule has 1 amide bonds. The van der Waals surface area contributed by atoms with Crippen molar-refractivity contribution in [1.29, 1.82) is 0 Å². The van der Waals surface area contributed by atoms with E-state index < -0.39 is 13.0 Å². The molecule has 0 aromatic heterocycles. The summed E-state index contributed by atoms with van der Waals surface area (Å²) in [6, 6.07) is -0.333. The van der Waals surface area contributed by atoms with Gasteiger partial charge in [0.1, 0.15) is 6.61 Å². The number of rotatable bonds is 8. The normalized spacial score (nSPS) is 12.9. The quantitative estimate of drug-likeness (QED) is 0.586. The first kappa shape index (κ1) is 14.2. The molecule has 0 aromatic carbocycles. The predicted octanol–water partition coefficient (Wildman–Crippen LogP) is 0.382. The number of hydrogen-bond acceptors (Lipinski definition) is 3. The van der Waals surface area contributed by atoms with E-state index in [1.807, 2.05) is 6.92 Å². The SMILES string of the molecule is CCNC(=O)C(C)NCCOCC(F)F. The van der Waals surface area contributed by atoms with Gasteiger partial charge in [-0.05, 0) is 13.8 Å². The third-order valence-corrected chi connectivity index (χ3v) is 1.69. The fourth-order valence-electron chi connectivity index (χ4n) is 0.940. The summed E-state index contributed by atoms with van der Waals surface area (Å²) in [4.78, 5) is 11.2. The Balaban J connectivity index is 3.38. The van der Waals surface area contributed by atoms with Crippen LogP contribution < -0.4 is 10.6 Å². The average molecular weight is 224 g/mol. The lowest BCUT2D eigenvalue weighted by atomic mass is 10.3. The number of carbonyl (C=O) groups is 1. The molecule has 0 aromatic rings. The van der Waals surface area contributed by atoms with Gasteiger partial charge in [-0.3, -0.25) is 4.79 Å². The topological polar surface area (TPSA) is 50.4 Å². The Bertz CT molecular complexity index is 179. The smallest absolute Gasteiger partial charge is 0.261 e. The highest BCUT2D eigenvalue weighted by atomic mass is 19.3. The van der Waals surface area contributed by atoms with Crippen LogP contribution in [0.3, 0.4) is 0 Å². The molecular formula is C9H18F2N2O2. The molecule has 6 heteroatoms. The largest absolute Gasteiger partial charge is 0.374 e. The maximum Gasteiger partial charge on any atom is 0.261 e. The van der Waals surface area contributed by atoms with Crippen molar-refractivity contribution in [3.05, 3.63) is 0 Å². The molecule has 0 rings (SSSR count). The molecule has 0 fully saturated rings. The fraction of sp³-hybridized carbons (Fsp3) is 0.889. The Morgan fingerprint density at radius 2 is 2.13 bits per heavy atom. The van der Waals surface area contributed by atoms with Crippen molar-refractivity contribution in [1.82, 2.24) is 10.6 Å². The summed E-state index contributed by atoms with van der Waals surface area (Å²) in [6.45, 7) is 4.11. The van der Waals surface area contributed by atoms with Crippen molar-refractivity contribution in [3.63, 3.8) is 0 Å². The number of nitrogens with one attached hydrogen (secondary N) is 2. The number of ether oxygens (including phenoxy) is 1. The first-order valence-corrected chi connectivity index (χ1v) is 4.95. The van der Waals surface area contributed by atoms with Gasteiger partial charge in [-0.1, -0.05) is 0 Å². The molecule has 15 heavy (non-hydrogen) atoms. The highest BCUT2D eigenvalue weighted by molar-refractivity contribution is 5.81. The van der Waals surface area contributed by atoms with Crippen molar-refractivity contribution in [3.8, 4) is 0 Å². The van der Waals surface area contributed by atoms with Gasteiger partial charge >= 0.3 is 0 Å². The van der Waals surface area contributed by atoms with Gasteiger partial charge in [0.2, 0.25) is 5.91 Å².